The number of hydrogen-bond donors (Lipinski definition) is 0. The zero-order chi connectivity index (χ0) is 15.6. The molecule has 0 saturated heterocycles. The third-order valence-corrected chi connectivity index (χ3v) is 3.05. The van der Waals surface area contributed by atoms with Crippen molar-refractivity contribution in [3.8, 4) is 11.5 Å². The highest BCUT2D eigenvalue weighted by Gasteiger charge is 2.41. The second kappa shape index (κ2) is 5.73. The predicted octanol–water partition coefficient (Wildman–Crippen LogP) is 3.50. The molecule has 0 saturated carbocycles. The molecule has 0 amide bonds. The van der Waals surface area contributed by atoms with Crippen LogP contribution < -0.4 is 9.47 Å². The van der Waals surface area contributed by atoms with E-state index in [0.717, 1.165) is 0 Å². The van der Waals surface area contributed by atoms with Gasteiger partial charge in [-0.05, 0) is 23.1 Å². The minimum atomic E-state index is -4.82. The Morgan fingerprint density at radius 3 is 1.85 bits per heavy atom. The van der Waals surface area contributed by atoms with Gasteiger partial charge in [-0.25, -0.2) is 0 Å². The second-order valence-corrected chi connectivity index (χ2v) is 5.08. The Hall–Kier alpha value is -1.72. The van der Waals surface area contributed by atoms with Crippen LogP contribution in [0.3, 0.4) is 0 Å². The predicted molar refractivity (Wildman–Crippen MR) is 68.3 cm³/mol. The Labute approximate surface area is 115 Å². The van der Waals surface area contributed by atoms with Gasteiger partial charge in [0.2, 0.25) is 5.78 Å². The van der Waals surface area contributed by atoms with Crippen LogP contribution in [0.2, 0.25) is 0 Å². The topological polar surface area (TPSA) is 35.5 Å². The summed E-state index contributed by atoms with van der Waals surface area (Å²) in [6.07, 6.45) is -5.45. The number of carbonyl (C=O) groups is 1. The number of Topliss-reactive ketones (excluding diaryl/α,β-unsaturated/α-hetero) is 1. The lowest BCUT2D eigenvalue weighted by Gasteiger charge is -2.26. The van der Waals surface area contributed by atoms with Crippen LogP contribution in [-0.4, -0.2) is 26.2 Å². The molecule has 1 aromatic rings. The largest absolute Gasteiger partial charge is 0.497 e. The molecule has 0 fully saturated rings. The highest BCUT2D eigenvalue weighted by Crippen LogP contribution is 2.35. The Kier molecular flexibility index (Phi) is 4.68. The molecule has 0 spiro atoms. The number of carbonyl (C=O) groups excluding carboxylic acids is 1. The summed E-state index contributed by atoms with van der Waals surface area (Å²) in [6, 6.07) is 4.82. The fraction of sp³-hybridized carbons (Fsp3) is 0.500. The Morgan fingerprint density at radius 1 is 1.05 bits per heavy atom. The van der Waals surface area contributed by atoms with E-state index in [4.69, 9.17) is 9.47 Å². The summed E-state index contributed by atoms with van der Waals surface area (Å²) in [4.78, 5) is 11.2. The second-order valence-electron chi connectivity index (χ2n) is 5.08. The maximum atomic E-state index is 12.4. The fourth-order valence-electron chi connectivity index (χ4n) is 1.80. The first-order valence-electron chi connectivity index (χ1n) is 5.93. The lowest BCUT2D eigenvalue weighted by molar-refractivity contribution is -0.172. The summed E-state index contributed by atoms with van der Waals surface area (Å²) >= 11 is 0. The maximum Gasteiger partial charge on any atom is 0.450 e. The van der Waals surface area contributed by atoms with E-state index in [1.807, 2.05) is 0 Å². The molecule has 0 bridgehead atoms. The smallest absolute Gasteiger partial charge is 0.450 e. The van der Waals surface area contributed by atoms with Crippen molar-refractivity contribution in [2.75, 3.05) is 14.2 Å². The molecule has 0 N–H and O–H groups in total. The zero-order valence-electron chi connectivity index (χ0n) is 11.8. The summed E-state index contributed by atoms with van der Waals surface area (Å²) in [5.41, 5.74) is -0.430. The Bertz CT molecular complexity index is 471. The van der Waals surface area contributed by atoms with Crippen LogP contribution in [0.15, 0.2) is 18.2 Å². The first kappa shape index (κ1) is 16.3. The zero-order valence-corrected chi connectivity index (χ0v) is 11.8. The molecule has 3 nitrogen and oxygen atoms in total. The number of methoxy groups -OCH3 is 2. The van der Waals surface area contributed by atoms with Crippen molar-refractivity contribution in [1.29, 1.82) is 0 Å². The van der Waals surface area contributed by atoms with Gasteiger partial charge in [-0.15, -0.1) is 0 Å². The van der Waals surface area contributed by atoms with Crippen LogP contribution in [0.5, 0.6) is 11.5 Å². The van der Waals surface area contributed by atoms with E-state index in [0.29, 0.717) is 17.1 Å². The summed E-state index contributed by atoms with van der Waals surface area (Å²) in [7, 11) is 2.90. The molecule has 0 aromatic heterocycles. The number of ether oxygens (including phenoxy) is 2. The first-order chi connectivity index (χ1) is 9.10. The van der Waals surface area contributed by atoms with Crippen LogP contribution in [0.4, 0.5) is 13.2 Å². The number of halogens is 3. The van der Waals surface area contributed by atoms with E-state index >= 15 is 0 Å². The van der Waals surface area contributed by atoms with E-state index in [1.54, 1.807) is 32.0 Å². The maximum absolute atomic E-state index is 12.4. The normalized spacial score (nSPS) is 12.2. The molecule has 6 heteroatoms. The van der Waals surface area contributed by atoms with Crippen molar-refractivity contribution in [2.45, 2.75) is 31.9 Å². The van der Waals surface area contributed by atoms with Crippen LogP contribution in [-0.2, 0) is 10.2 Å². The van der Waals surface area contributed by atoms with E-state index in [1.165, 1.54) is 14.2 Å². The Morgan fingerprint density at radius 2 is 1.50 bits per heavy atom. The summed E-state index contributed by atoms with van der Waals surface area (Å²) in [6.45, 7) is 3.15. The lowest BCUT2D eigenvalue weighted by Crippen LogP contribution is -2.31. The van der Waals surface area contributed by atoms with Crippen molar-refractivity contribution in [3.63, 3.8) is 0 Å². The Balaban J connectivity index is 3.11. The summed E-state index contributed by atoms with van der Waals surface area (Å²) < 4.78 is 47.3. The van der Waals surface area contributed by atoms with Gasteiger partial charge in [-0.1, -0.05) is 13.8 Å². The van der Waals surface area contributed by atoms with Crippen LogP contribution in [0.1, 0.15) is 25.8 Å². The molecule has 20 heavy (non-hydrogen) atoms. The standard InChI is InChI=1S/C14H17F3O3/c1-13(2,8-12(18)14(15,16)17)9-5-10(19-3)7-11(6-9)20-4/h5-7H,8H2,1-4H3. The minimum absolute atomic E-state index is 0.465. The highest BCUT2D eigenvalue weighted by molar-refractivity contribution is 5.85. The molecule has 0 heterocycles. The number of rotatable bonds is 5. The molecule has 112 valence electrons. The van der Waals surface area contributed by atoms with E-state index in [-0.39, 0.29) is 0 Å². The van der Waals surface area contributed by atoms with Crippen molar-refractivity contribution >= 4 is 5.78 Å². The van der Waals surface area contributed by atoms with Crippen LogP contribution >= 0.6 is 0 Å². The van der Waals surface area contributed by atoms with E-state index in [9.17, 15) is 18.0 Å². The molecule has 0 unspecified atom stereocenters. The van der Waals surface area contributed by atoms with Crippen molar-refractivity contribution in [1.82, 2.24) is 0 Å². The van der Waals surface area contributed by atoms with Crippen molar-refractivity contribution < 1.29 is 27.4 Å². The molecule has 1 rings (SSSR count). The average molecular weight is 290 g/mol. The molecule has 0 aliphatic heterocycles. The van der Waals surface area contributed by atoms with Gasteiger partial charge in [0.05, 0.1) is 14.2 Å². The van der Waals surface area contributed by atoms with Gasteiger partial charge in [0.25, 0.3) is 0 Å². The molecule has 0 aliphatic carbocycles. The molecular weight excluding hydrogens is 273 g/mol. The average Bonchev–Trinajstić information content (AvgIpc) is 2.36. The lowest BCUT2D eigenvalue weighted by atomic mass is 9.80. The van der Waals surface area contributed by atoms with Crippen LogP contribution in [0, 0.1) is 0 Å². The minimum Gasteiger partial charge on any atom is -0.497 e. The molecule has 0 aliphatic rings. The number of alkyl halides is 3. The quantitative estimate of drug-likeness (QED) is 0.832. The van der Waals surface area contributed by atoms with Gasteiger partial charge in [0.1, 0.15) is 11.5 Å². The number of ketones is 1. The third kappa shape index (κ3) is 3.88. The SMILES string of the molecule is COc1cc(OC)cc(C(C)(C)CC(=O)C(F)(F)F)c1. The monoisotopic (exact) mass is 290 g/mol. The van der Waals surface area contributed by atoms with Gasteiger partial charge >= 0.3 is 6.18 Å². The number of benzene rings is 1. The van der Waals surface area contributed by atoms with Gasteiger partial charge in [0, 0.05) is 12.5 Å². The number of hydrogen-bond acceptors (Lipinski definition) is 3. The van der Waals surface area contributed by atoms with Crippen molar-refractivity contribution in [3.05, 3.63) is 23.8 Å². The van der Waals surface area contributed by atoms with Gasteiger partial charge < -0.3 is 9.47 Å². The van der Waals surface area contributed by atoms with Gasteiger partial charge in [0.15, 0.2) is 0 Å². The van der Waals surface area contributed by atoms with Gasteiger partial charge in [-0.3, -0.25) is 4.79 Å². The van der Waals surface area contributed by atoms with Crippen molar-refractivity contribution in [2.24, 2.45) is 0 Å². The van der Waals surface area contributed by atoms with E-state index in [2.05, 4.69) is 0 Å². The molecular formula is C14H17F3O3. The van der Waals surface area contributed by atoms with E-state index < -0.39 is 23.8 Å². The van der Waals surface area contributed by atoms with Crippen LogP contribution in [0.25, 0.3) is 0 Å². The summed E-state index contributed by atoms with van der Waals surface area (Å²) in [5.74, 6) is -0.817. The fourth-order valence-corrected chi connectivity index (χ4v) is 1.80. The van der Waals surface area contributed by atoms with Gasteiger partial charge in [-0.2, -0.15) is 13.2 Å². The third-order valence-electron chi connectivity index (χ3n) is 3.05. The molecule has 0 atom stereocenters. The highest BCUT2D eigenvalue weighted by atomic mass is 19.4. The first-order valence-corrected chi connectivity index (χ1v) is 5.93. The molecule has 0 radical (unpaired) electrons. The summed E-state index contributed by atoms with van der Waals surface area (Å²) in [5, 5.41) is 0. The molecule has 1 aromatic carbocycles.